The first-order valence-corrected chi connectivity index (χ1v) is 39.0. The maximum Gasteiger partial charge on any atom is 0.329 e. The number of ketones is 1. The average Bonchev–Trinajstić information content (AvgIpc) is 1.55. The third kappa shape index (κ3) is 17.5. The number of piperidine rings is 1. The van der Waals surface area contributed by atoms with E-state index in [0.717, 1.165) is 14.8 Å². The monoisotopic (exact) mass is 1560 g/mol. The van der Waals surface area contributed by atoms with Crippen LogP contribution >= 0.6 is 0 Å². The van der Waals surface area contributed by atoms with Crippen LogP contribution in [0.15, 0.2) is 46.6 Å². The van der Waals surface area contributed by atoms with Gasteiger partial charge in [0.1, 0.15) is 65.7 Å². The van der Waals surface area contributed by atoms with Crippen molar-refractivity contribution >= 4 is 76.6 Å². The number of carbonyl (C=O) groups excluding carboxylic acids is 12. The molecule has 7 aliphatic heterocycles. The van der Waals surface area contributed by atoms with Crippen molar-refractivity contribution in [3.05, 3.63) is 74.0 Å². The van der Waals surface area contributed by atoms with Crippen LogP contribution < -0.4 is 37.3 Å². The molecule has 20 atom stereocenters. The van der Waals surface area contributed by atoms with Gasteiger partial charge in [0.15, 0.2) is 18.0 Å². The van der Waals surface area contributed by atoms with Gasteiger partial charge in [-0.1, -0.05) is 104 Å². The Morgan fingerprint density at radius 3 is 1.65 bits per heavy atom. The number of nitrogens with zero attached hydrogens (tertiary/aromatic N) is 10. The summed E-state index contributed by atoms with van der Waals surface area (Å²) in [6.07, 6.45) is -9.92. The highest BCUT2D eigenvalue weighted by Crippen LogP contribution is 2.53. The lowest BCUT2D eigenvalue weighted by atomic mass is 9.86. The minimum absolute atomic E-state index is 0.0293. The van der Waals surface area contributed by atoms with Crippen LogP contribution in [0.5, 0.6) is 0 Å². The highest BCUT2D eigenvalue weighted by Gasteiger charge is 2.64. The molecule has 0 aromatic heterocycles. The van der Waals surface area contributed by atoms with E-state index >= 15 is 19.2 Å². The Labute approximate surface area is 648 Å². The second-order valence-corrected chi connectivity index (χ2v) is 32.8. The predicted octanol–water partition coefficient (Wildman–Crippen LogP) is 1.90. The number of anilines is 1. The van der Waals surface area contributed by atoms with Gasteiger partial charge in [-0.15, -0.1) is 0 Å². The zero-order valence-electron chi connectivity index (χ0n) is 65.1. The number of nitrogens with one attached hydrogen (secondary N) is 7. The van der Waals surface area contributed by atoms with Gasteiger partial charge in [-0.05, 0) is 140 Å². The minimum Gasteiger partial charge on any atom is -0.450 e. The van der Waals surface area contributed by atoms with E-state index in [-0.39, 0.29) is 107 Å². The van der Waals surface area contributed by atoms with Crippen LogP contribution in [0.2, 0.25) is 0 Å². The van der Waals surface area contributed by atoms with E-state index in [4.69, 9.17) is 20.5 Å². The summed E-state index contributed by atoms with van der Waals surface area (Å²) in [6.45, 7) is 17.3. The van der Waals surface area contributed by atoms with Gasteiger partial charge < -0.3 is 81.6 Å². The van der Waals surface area contributed by atoms with Crippen molar-refractivity contribution in [3.63, 3.8) is 0 Å². The van der Waals surface area contributed by atoms with Crippen LogP contribution in [0.1, 0.15) is 170 Å². The number of β-amino-alcohol motifs (C(OH)–C–C–N with tert-alkyl or cyclic N) is 1. The molecule has 0 saturated carbocycles. The molecule has 2 aromatic carbocycles. The number of fused-ring (bicyclic) bond motifs is 12. The maximum atomic E-state index is 15.7. The van der Waals surface area contributed by atoms with E-state index in [2.05, 4.69) is 57.4 Å². The molecule has 7 heterocycles. The highest BCUT2D eigenvalue weighted by molar-refractivity contribution is 6.01. The number of hydrogen-bond donors (Lipinski definition) is 12. The Balaban J connectivity index is 1.01. The van der Waals surface area contributed by atoms with E-state index in [1.54, 1.807) is 91.8 Å². The molecule has 36 nitrogen and oxygen atoms in total. The molecule has 8 aliphatic rings. The SMILES string of the molecule is CC(C)[C@@H]1OC(=O)[C@@H](C(C)C)NC(=O)[C@@H]2C[C@@]3(O)c4cc(-c5ccc6c(c5)[C@]5(O)C[C@H]7C(=O)N[C@H](C(C)C)C(=O)O[C@@H](C(C)C)C(=O)N8NC[C@H](O)C[C@@H]8C(=O)N[C@@H](CCCCN=[N+]=[N-])C(=O)C[C@H]([C@H](C)O)C(=O)N7[C@@H]5C6)ccc4N[C@H]3N2C(=O)[C@@H]([C@H](C)O)NC(=O)[C@H](CCCCN=[N+]=[N-])NC(=O)[C@H]2C[C@@H](C)CCN2C1=O. The Bertz CT molecular complexity index is 3820. The van der Waals surface area contributed by atoms with Crippen molar-refractivity contribution < 1.29 is 92.5 Å². The number of aliphatic hydroxyl groups excluding tert-OH is 3. The Hall–Kier alpha value is -9.54. The number of aliphatic hydroxyl groups is 5. The van der Waals surface area contributed by atoms with Gasteiger partial charge in [0, 0.05) is 72.9 Å². The number of ether oxygens (including phenoxy) is 2. The maximum absolute atomic E-state index is 15.7. The third-order valence-corrected chi connectivity index (χ3v) is 23.3. The number of unbranched alkanes of at least 4 members (excludes halogenated alkanes) is 2. The summed E-state index contributed by atoms with van der Waals surface area (Å²) < 4.78 is 12.0. The molecule has 0 unspecified atom stereocenters. The molecule has 0 spiro atoms. The van der Waals surface area contributed by atoms with Gasteiger partial charge in [0.05, 0.1) is 36.3 Å². The molecular formula is C76H107N17O19. The van der Waals surface area contributed by atoms with Gasteiger partial charge in [0.25, 0.3) is 11.8 Å². The van der Waals surface area contributed by atoms with Crippen molar-refractivity contribution in [2.24, 2.45) is 45.7 Å². The molecule has 0 bridgehead atoms. The second-order valence-electron chi connectivity index (χ2n) is 32.8. The molecule has 2 aromatic rings. The van der Waals surface area contributed by atoms with Gasteiger partial charge in [-0.25, -0.2) is 15.0 Å². The standard InChI is InChI=1S/C76H107N17O19/c1-35(2)58-72(107)111-61(37(5)6)70(105)90-25-22-39(9)26-52(90)64(99)83-51(17-13-15-24-80-89-78)63(98)87-60(41(11)95)69(104)92-55(67(102)86-58)33-76(110)48-28-43(20-21-49(48)84-74(76)92)42-18-19-44-29-57-75(109,47(44)27-42)32-54-66(101)85-59(36(3)4)73(108)112-62(38(7)8)71(106)93-53(30-45(96)34-81-93)65(100)82-50(16-12-14-23-79-88-77)56(97)31-46(40(10)94)68(103)91(54)57/h18-21,27-28,35-41,45-46,50-55,57-62,74,81,84,94-96,109-110H,12-17,22-26,29-34H2,1-11H3,(H,82,100)(H,83,99)(H,85,101)(H,86,102)(H,87,98)/t39-,40-,41-,45+,46+,50-,51-,52+,53+,54-,55-,57+,58+,59+,60+,61-,62-,74-,75+,76+/m0/s1. The van der Waals surface area contributed by atoms with E-state index in [0.29, 0.717) is 23.1 Å². The van der Waals surface area contributed by atoms with E-state index < -0.39 is 228 Å². The molecule has 6 fully saturated rings. The number of carbonyl (C=O) groups is 12. The number of rotatable bonds is 17. The van der Waals surface area contributed by atoms with Crippen molar-refractivity contribution in [3.8, 4) is 11.1 Å². The topological polar surface area (TPSA) is 519 Å². The molecule has 6 saturated heterocycles. The number of esters is 2. The third-order valence-electron chi connectivity index (χ3n) is 23.3. The lowest BCUT2D eigenvalue weighted by Gasteiger charge is -2.40. The van der Waals surface area contributed by atoms with E-state index in [1.165, 1.54) is 18.7 Å². The fraction of sp³-hybridized carbons (Fsp3) is 0.684. The summed E-state index contributed by atoms with van der Waals surface area (Å²) in [5, 5.41) is 86.0. The number of benzene rings is 2. The number of cyclic esters (lactones) is 2. The highest BCUT2D eigenvalue weighted by atomic mass is 16.6. The molecule has 36 heteroatoms. The molecule has 9 amide bonds. The van der Waals surface area contributed by atoms with Crippen molar-refractivity contribution in [2.45, 2.75) is 268 Å². The summed E-state index contributed by atoms with van der Waals surface area (Å²) in [7, 11) is 0. The molecule has 10 rings (SSSR count). The zero-order chi connectivity index (χ0) is 81.9. The molecule has 12 N–H and O–H groups in total. The molecule has 1 aliphatic carbocycles. The number of amides is 9. The number of hydrogen-bond acceptors (Lipinski definition) is 23. The Morgan fingerprint density at radius 2 is 1.08 bits per heavy atom. The summed E-state index contributed by atoms with van der Waals surface area (Å²) in [5.74, 6) is -15.4. The molecule has 112 heavy (non-hydrogen) atoms. The average molecular weight is 1560 g/mol. The lowest BCUT2D eigenvalue weighted by molar-refractivity contribution is -0.172. The summed E-state index contributed by atoms with van der Waals surface area (Å²) >= 11 is 0. The zero-order valence-corrected chi connectivity index (χ0v) is 65.1. The van der Waals surface area contributed by atoms with Crippen molar-refractivity contribution in [2.75, 3.05) is 31.5 Å². The number of azide groups is 2. The predicted molar refractivity (Wildman–Crippen MR) is 399 cm³/mol. The van der Waals surface area contributed by atoms with Crippen LogP contribution in [-0.4, -0.2) is 239 Å². The van der Waals surface area contributed by atoms with Crippen molar-refractivity contribution in [1.82, 2.24) is 51.7 Å². The van der Waals surface area contributed by atoms with Crippen LogP contribution in [0.3, 0.4) is 0 Å². The van der Waals surface area contributed by atoms with E-state index in [1.807, 2.05) is 6.92 Å². The van der Waals surface area contributed by atoms with Crippen LogP contribution in [-0.2, 0) is 84.6 Å². The first-order chi connectivity index (χ1) is 53.0. The first-order valence-electron chi connectivity index (χ1n) is 39.0. The summed E-state index contributed by atoms with van der Waals surface area (Å²) in [6, 6.07) is -5.04. The van der Waals surface area contributed by atoms with Gasteiger partial charge in [0.2, 0.25) is 41.4 Å². The molecular weight excluding hydrogens is 1450 g/mol. The lowest BCUT2D eigenvalue weighted by Crippen LogP contribution is -2.65. The smallest absolute Gasteiger partial charge is 0.329 e. The quantitative estimate of drug-likeness (QED) is 0.0354. The minimum atomic E-state index is -2.21. The normalized spacial score (nSPS) is 32.4. The van der Waals surface area contributed by atoms with Gasteiger partial charge >= 0.3 is 11.9 Å². The van der Waals surface area contributed by atoms with Gasteiger partial charge in [-0.3, -0.25) is 53.0 Å². The largest absolute Gasteiger partial charge is 0.450 e. The fourth-order valence-electron chi connectivity index (χ4n) is 16.9. The number of hydrazine groups is 1. The van der Waals surface area contributed by atoms with Crippen LogP contribution in [0.25, 0.3) is 32.0 Å². The van der Waals surface area contributed by atoms with Crippen LogP contribution in [0, 0.1) is 35.5 Å². The molecule has 0 radical (unpaired) electrons. The summed E-state index contributed by atoms with van der Waals surface area (Å²) in [5.41, 5.74) is 18.3. The van der Waals surface area contributed by atoms with Gasteiger partial charge in [-0.2, -0.15) is 0 Å². The van der Waals surface area contributed by atoms with Crippen molar-refractivity contribution in [1.29, 1.82) is 0 Å². The van der Waals surface area contributed by atoms with E-state index in [9.17, 15) is 63.9 Å². The Kier molecular flexibility index (Phi) is 26.7. The Morgan fingerprint density at radius 1 is 0.554 bits per heavy atom. The molecule has 610 valence electrons. The fourth-order valence-corrected chi connectivity index (χ4v) is 16.9. The first kappa shape index (κ1) is 84.9. The van der Waals surface area contributed by atoms with Crippen LogP contribution in [0.4, 0.5) is 5.69 Å². The number of Topliss-reactive ketones (excluding diaryl/α,β-unsaturated/α-hetero) is 1. The second kappa shape index (κ2) is 35.2. The summed E-state index contributed by atoms with van der Waals surface area (Å²) in [4.78, 5) is 189.